The van der Waals surface area contributed by atoms with Gasteiger partial charge in [-0.25, -0.2) is 14.5 Å². The molecule has 0 radical (unpaired) electrons. The van der Waals surface area contributed by atoms with Crippen LogP contribution in [0.1, 0.15) is 20.8 Å². The molecule has 1 aromatic carbocycles. The first kappa shape index (κ1) is 10.7. The summed E-state index contributed by atoms with van der Waals surface area (Å²) < 4.78 is 23.1. The molecule has 0 bridgehead atoms. The normalized spacial score (nSPS) is 13.2. The van der Waals surface area contributed by atoms with E-state index in [2.05, 4.69) is 0 Å². The molecule has 0 aliphatic heterocycles. The zero-order valence-corrected chi connectivity index (χ0v) is 9.58. The summed E-state index contributed by atoms with van der Waals surface area (Å²) in [7, 11) is -2.17. The molecule has 0 atom stereocenters. The van der Waals surface area contributed by atoms with Crippen LogP contribution in [-0.2, 0) is 8.87 Å². The first-order valence-corrected chi connectivity index (χ1v) is 6.80. The van der Waals surface area contributed by atoms with Gasteiger partial charge in [-0.1, -0.05) is 0 Å². The van der Waals surface area contributed by atoms with Crippen molar-refractivity contribution in [2.45, 2.75) is 30.4 Å². The second-order valence-electron chi connectivity index (χ2n) is 3.77. The molecular formula is C9H13O2S2-. The van der Waals surface area contributed by atoms with Crippen LogP contribution in [0.4, 0.5) is 0 Å². The van der Waals surface area contributed by atoms with E-state index in [-0.39, 0.29) is 4.75 Å². The van der Waals surface area contributed by atoms with E-state index in [1.807, 2.05) is 20.8 Å². The van der Waals surface area contributed by atoms with Gasteiger partial charge in [-0.05, 0) is 36.5 Å². The third kappa shape index (κ3) is 3.12. The summed E-state index contributed by atoms with van der Waals surface area (Å²) in [6.45, 7) is 5.66. The highest BCUT2D eigenvalue weighted by atomic mass is 33.1. The summed E-state index contributed by atoms with van der Waals surface area (Å²) in [5.41, 5.74) is 0. The van der Waals surface area contributed by atoms with Crippen molar-refractivity contribution in [3.05, 3.63) is 24.3 Å². The molecule has 74 valence electrons. The molecule has 0 amide bonds. The van der Waals surface area contributed by atoms with E-state index < -0.39 is 8.87 Å². The van der Waals surface area contributed by atoms with Crippen LogP contribution in [0.15, 0.2) is 29.2 Å². The van der Waals surface area contributed by atoms with Crippen LogP contribution in [0.3, 0.4) is 0 Å². The fourth-order valence-electron chi connectivity index (χ4n) is 0.900. The van der Waals surface area contributed by atoms with Crippen molar-refractivity contribution in [3.8, 4) is 0 Å². The molecule has 0 heterocycles. The Hall–Kier alpha value is -0.350. The molecule has 4 heteroatoms. The van der Waals surface area contributed by atoms with Gasteiger partial charge in [0.15, 0.2) is 0 Å². The summed E-state index contributed by atoms with van der Waals surface area (Å²) in [5.74, 6) is 0. The topological polar surface area (TPSA) is 34.1 Å². The Morgan fingerprint density at radius 1 is 1.38 bits per heavy atom. The van der Waals surface area contributed by atoms with Gasteiger partial charge in [-0.2, -0.15) is 18.2 Å². The average Bonchev–Trinajstić information content (AvgIpc) is 2.29. The minimum Gasteiger partial charge on any atom is -0.214 e. The summed E-state index contributed by atoms with van der Waals surface area (Å²) >= 11 is 0. The predicted molar refractivity (Wildman–Crippen MR) is 56.6 cm³/mol. The van der Waals surface area contributed by atoms with Crippen molar-refractivity contribution in [2.75, 3.05) is 0 Å². The second-order valence-corrected chi connectivity index (χ2v) is 8.36. The van der Waals surface area contributed by atoms with E-state index in [9.17, 15) is 8.42 Å². The Kier molecular flexibility index (Phi) is 2.82. The quantitative estimate of drug-likeness (QED) is 0.564. The third-order valence-electron chi connectivity index (χ3n) is 1.28. The highest BCUT2D eigenvalue weighted by Gasteiger charge is 2.21. The lowest BCUT2D eigenvalue weighted by molar-refractivity contribution is 0.610. The molecule has 0 saturated carbocycles. The van der Waals surface area contributed by atoms with Crippen molar-refractivity contribution in [1.29, 1.82) is 0 Å². The van der Waals surface area contributed by atoms with Crippen LogP contribution in [0.2, 0.25) is 0 Å². The predicted octanol–water partition coefficient (Wildman–Crippen LogP) is 2.63. The Bertz CT molecular complexity index is 355. The second kappa shape index (κ2) is 3.42. The lowest BCUT2D eigenvalue weighted by Gasteiger charge is -2.17. The Morgan fingerprint density at radius 2 is 2.00 bits per heavy atom. The molecule has 0 fully saturated rings. The van der Waals surface area contributed by atoms with Gasteiger partial charge in [0.25, 0.3) is 0 Å². The fraction of sp³-hybridized carbons (Fsp3) is 0.444. The molecule has 2 nitrogen and oxygen atoms in total. The van der Waals surface area contributed by atoms with Crippen LogP contribution in [-0.4, -0.2) is 13.2 Å². The monoisotopic (exact) mass is 217 g/mol. The number of hydrogen-bond donors (Lipinski definition) is 0. The van der Waals surface area contributed by atoms with E-state index in [0.717, 1.165) is 10.8 Å². The zero-order chi connectivity index (χ0) is 10.1. The highest BCUT2D eigenvalue weighted by Crippen LogP contribution is 2.34. The van der Waals surface area contributed by atoms with Gasteiger partial charge < -0.3 is 0 Å². The van der Waals surface area contributed by atoms with Gasteiger partial charge in [0.05, 0.1) is 0 Å². The Labute approximate surface area is 83.0 Å². The van der Waals surface area contributed by atoms with E-state index in [4.69, 9.17) is 0 Å². The van der Waals surface area contributed by atoms with Gasteiger partial charge in [0, 0.05) is 4.75 Å². The average molecular weight is 217 g/mol. The molecule has 0 unspecified atom stereocenters. The molecule has 13 heavy (non-hydrogen) atoms. The zero-order valence-electron chi connectivity index (χ0n) is 7.94. The van der Waals surface area contributed by atoms with Crippen molar-refractivity contribution < 1.29 is 8.42 Å². The summed E-state index contributed by atoms with van der Waals surface area (Å²) in [4.78, 5) is 0.396. The van der Waals surface area contributed by atoms with Gasteiger partial charge >= 0.3 is 0 Å². The first-order chi connectivity index (χ1) is 5.81. The molecule has 0 N–H and O–H groups in total. The maximum Gasteiger partial charge on any atom is 0.207 e. The van der Waals surface area contributed by atoms with Gasteiger partial charge in [-0.15, -0.1) is 0 Å². The smallest absolute Gasteiger partial charge is 0.207 e. The molecule has 0 aliphatic carbocycles. The summed E-state index contributed by atoms with van der Waals surface area (Å²) in [5, 5.41) is 0. The standard InChI is InChI=1S/C9H13O2S2/c1-9(2,3)12-13(10,11)8-6-4-5-7-8/h4-7H,1-3H3/q-1. The van der Waals surface area contributed by atoms with Crippen LogP contribution in [0, 0.1) is 0 Å². The van der Waals surface area contributed by atoms with Crippen LogP contribution < -0.4 is 0 Å². The molecule has 0 spiro atoms. The third-order valence-corrected chi connectivity index (χ3v) is 5.59. The SMILES string of the molecule is CC(C)(C)SS(=O)(=O)c1ccc[cH-]1. The fourth-order valence-corrected chi connectivity index (χ4v) is 4.74. The van der Waals surface area contributed by atoms with Crippen molar-refractivity contribution in [3.63, 3.8) is 0 Å². The van der Waals surface area contributed by atoms with E-state index in [1.54, 1.807) is 24.3 Å². The molecule has 1 aromatic rings. The lowest BCUT2D eigenvalue weighted by atomic mass is 10.3. The lowest BCUT2D eigenvalue weighted by Crippen LogP contribution is -2.11. The first-order valence-electron chi connectivity index (χ1n) is 3.99. The van der Waals surface area contributed by atoms with Crippen molar-refractivity contribution >= 4 is 19.7 Å². The maximum absolute atomic E-state index is 11.7. The number of rotatable bonds is 2. The van der Waals surface area contributed by atoms with E-state index in [1.165, 1.54) is 0 Å². The molecule has 1 rings (SSSR count). The summed E-state index contributed by atoms with van der Waals surface area (Å²) in [6.07, 6.45) is 0. The maximum atomic E-state index is 11.7. The molecule has 0 aliphatic rings. The molecule has 0 saturated heterocycles. The van der Waals surface area contributed by atoms with E-state index in [0.29, 0.717) is 4.90 Å². The number of hydrogen-bond acceptors (Lipinski definition) is 3. The summed E-state index contributed by atoms with van der Waals surface area (Å²) in [6, 6.07) is 6.70. The van der Waals surface area contributed by atoms with Crippen molar-refractivity contribution in [2.24, 2.45) is 0 Å². The van der Waals surface area contributed by atoms with Crippen LogP contribution in [0.25, 0.3) is 0 Å². The molecule has 0 aromatic heterocycles. The Balaban J connectivity index is 2.93. The van der Waals surface area contributed by atoms with Gasteiger partial charge in [0.2, 0.25) is 8.87 Å². The largest absolute Gasteiger partial charge is 0.214 e. The van der Waals surface area contributed by atoms with E-state index >= 15 is 0 Å². The minimum absolute atomic E-state index is 0.268. The molecular weight excluding hydrogens is 204 g/mol. The van der Waals surface area contributed by atoms with Gasteiger partial charge in [0.1, 0.15) is 0 Å². The minimum atomic E-state index is -3.16. The van der Waals surface area contributed by atoms with Crippen LogP contribution in [0.5, 0.6) is 0 Å². The van der Waals surface area contributed by atoms with Gasteiger partial charge in [-0.3, -0.25) is 0 Å². The van der Waals surface area contributed by atoms with Crippen LogP contribution >= 0.6 is 10.8 Å². The van der Waals surface area contributed by atoms with Crippen molar-refractivity contribution in [1.82, 2.24) is 0 Å². The Morgan fingerprint density at radius 3 is 2.38 bits per heavy atom. The highest BCUT2D eigenvalue weighted by molar-refractivity contribution is 8.72.